The first-order chi connectivity index (χ1) is 10.4. The van der Waals surface area contributed by atoms with Crippen molar-refractivity contribution in [2.75, 3.05) is 18.0 Å². The number of anilines is 1. The van der Waals surface area contributed by atoms with Crippen molar-refractivity contribution in [2.24, 2.45) is 5.73 Å². The van der Waals surface area contributed by atoms with E-state index in [1.54, 1.807) is 30.3 Å². The minimum absolute atomic E-state index is 0. The summed E-state index contributed by atoms with van der Waals surface area (Å²) in [5.41, 5.74) is 6.45. The molecule has 0 aliphatic carbocycles. The molecule has 0 bridgehead atoms. The largest absolute Gasteiger partial charge is 0.329 e. The number of nitrogens with two attached hydrogens (primary N) is 1. The van der Waals surface area contributed by atoms with Gasteiger partial charge in [-0.25, -0.2) is 0 Å². The molecule has 124 valence electrons. The van der Waals surface area contributed by atoms with Crippen LogP contribution in [0.5, 0.6) is 0 Å². The number of nitrogens with zero attached hydrogens (tertiary/aromatic N) is 1. The summed E-state index contributed by atoms with van der Waals surface area (Å²) in [5, 5.41) is 1.57. The highest BCUT2D eigenvalue weighted by Crippen LogP contribution is 2.31. The van der Waals surface area contributed by atoms with Gasteiger partial charge < -0.3 is 10.6 Å². The molecule has 2 N–H and O–H groups in total. The predicted octanol–water partition coefficient (Wildman–Crippen LogP) is 5.33. The number of amides is 1. The molecule has 0 saturated carbocycles. The molecule has 0 aliphatic heterocycles. The monoisotopic (exact) mass is 412 g/mol. The maximum atomic E-state index is 12.8. The van der Waals surface area contributed by atoms with Crippen LogP contribution in [0.1, 0.15) is 10.4 Å². The topological polar surface area (TPSA) is 46.3 Å². The minimum atomic E-state index is -0.309. The molecule has 2 aromatic carbocycles. The van der Waals surface area contributed by atoms with Gasteiger partial charge in [-0.2, -0.15) is 0 Å². The van der Waals surface area contributed by atoms with Gasteiger partial charge in [0.25, 0.3) is 5.91 Å². The maximum Gasteiger partial charge on any atom is 0.259 e. The van der Waals surface area contributed by atoms with Gasteiger partial charge in [0, 0.05) is 23.1 Å². The third kappa shape index (κ3) is 4.90. The van der Waals surface area contributed by atoms with Crippen LogP contribution < -0.4 is 10.6 Å². The Hall–Kier alpha value is -0.680. The van der Waals surface area contributed by atoms with E-state index in [9.17, 15) is 4.79 Å². The Labute approximate surface area is 160 Å². The predicted molar refractivity (Wildman–Crippen MR) is 101 cm³/mol. The highest BCUT2D eigenvalue weighted by Gasteiger charge is 2.21. The van der Waals surface area contributed by atoms with E-state index < -0.39 is 0 Å². The average molecular weight is 415 g/mol. The minimum Gasteiger partial charge on any atom is -0.329 e. The Morgan fingerprint density at radius 3 is 2.04 bits per heavy atom. The number of halogens is 5. The van der Waals surface area contributed by atoms with Crippen molar-refractivity contribution in [2.45, 2.75) is 0 Å². The number of rotatable bonds is 4. The Morgan fingerprint density at radius 1 is 0.957 bits per heavy atom. The average Bonchev–Trinajstić information content (AvgIpc) is 2.45. The normalized spacial score (nSPS) is 10.1. The molecule has 0 heterocycles. The zero-order valence-corrected chi connectivity index (χ0v) is 15.6. The van der Waals surface area contributed by atoms with Crippen LogP contribution in [0.25, 0.3) is 0 Å². The fraction of sp³-hybridized carbons (Fsp3) is 0.133. The van der Waals surface area contributed by atoms with Crippen molar-refractivity contribution in [3.05, 3.63) is 62.1 Å². The van der Waals surface area contributed by atoms with Crippen molar-refractivity contribution in [1.29, 1.82) is 0 Å². The Morgan fingerprint density at radius 2 is 1.52 bits per heavy atom. The highest BCUT2D eigenvalue weighted by molar-refractivity contribution is 6.38. The van der Waals surface area contributed by atoms with Crippen LogP contribution in [-0.2, 0) is 0 Å². The zero-order chi connectivity index (χ0) is 16.3. The van der Waals surface area contributed by atoms with Gasteiger partial charge in [0.1, 0.15) is 0 Å². The van der Waals surface area contributed by atoms with Crippen molar-refractivity contribution < 1.29 is 4.79 Å². The van der Waals surface area contributed by atoms with Gasteiger partial charge in [0.15, 0.2) is 0 Å². The second-order valence-electron chi connectivity index (χ2n) is 4.47. The lowest BCUT2D eigenvalue weighted by Crippen LogP contribution is -2.35. The summed E-state index contributed by atoms with van der Waals surface area (Å²) in [6.07, 6.45) is 0. The van der Waals surface area contributed by atoms with E-state index in [1.165, 1.54) is 11.0 Å². The molecule has 0 atom stereocenters. The number of hydrogen-bond acceptors (Lipinski definition) is 2. The van der Waals surface area contributed by atoms with Gasteiger partial charge in [-0.3, -0.25) is 4.79 Å². The van der Waals surface area contributed by atoms with Crippen LogP contribution in [0.3, 0.4) is 0 Å². The first kappa shape index (κ1) is 20.4. The molecule has 0 fully saturated rings. The van der Waals surface area contributed by atoms with Crippen LogP contribution in [0.2, 0.25) is 20.1 Å². The second kappa shape index (κ2) is 8.97. The number of carbonyl (C=O) groups excluding carboxylic acids is 1. The lowest BCUT2D eigenvalue weighted by molar-refractivity contribution is 0.0988. The Balaban J connectivity index is 0.00000264. The lowest BCUT2D eigenvalue weighted by atomic mass is 10.1. The molecular formula is C15H13Cl5N2O. The fourth-order valence-corrected chi connectivity index (χ4v) is 2.97. The summed E-state index contributed by atoms with van der Waals surface area (Å²) >= 11 is 24.0. The molecule has 2 aromatic rings. The number of benzene rings is 2. The molecule has 0 unspecified atom stereocenters. The molecule has 0 spiro atoms. The molecule has 1 amide bonds. The van der Waals surface area contributed by atoms with E-state index in [4.69, 9.17) is 52.1 Å². The molecule has 2 rings (SSSR count). The van der Waals surface area contributed by atoms with Crippen LogP contribution in [0.4, 0.5) is 5.69 Å². The summed E-state index contributed by atoms with van der Waals surface area (Å²) in [6, 6.07) is 9.58. The van der Waals surface area contributed by atoms with E-state index in [-0.39, 0.29) is 29.9 Å². The van der Waals surface area contributed by atoms with Gasteiger partial charge in [-0.05, 0) is 36.4 Å². The summed E-state index contributed by atoms with van der Waals surface area (Å²) in [4.78, 5) is 14.2. The molecule has 0 aromatic heterocycles. The van der Waals surface area contributed by atoms with Crippen LogP contribution >= 0.6 is 58.8 Å². The van der Waals surface area contributed by atoms with E-state index in [2.05, 4.69) is 0 Å². The summed E-state index contributed by atoms with van der Waals surface area (Å²) < 4.78 is 0. The second-order valence-corrected chi connectivity index (χ2v) is 6.15. The van der Waals surface area contributed by atoms with E-state index in [0.717, 1.165) is 0 Å². The van der Waals surface area contributed by atoms with Crippen molar-refractivity contribution in [3.63, 3.8) is 0 Å². The van der Waals surface area contributed by atoms with Crippen molar-refractivity contribution >= 4 is 70.4 Å². The molecule has 0 aliphatic rings. The molecule has 3 nitrogen and oxygen atoms in total. The lowest BCUT2D eigenvalue weighted by Gasteiger charge is -2.24. The Bertz CT molecular complexity index is 708. The van der Waals surface area contributed by atoms with Crippen LogP contribution in [0, 0.1) is 0 Å². The third-order valence-electron chi connectivity index (χ3n) is 2.96. The van der Waals surface area contributed by atoms with E-state index in [0.29, 0.717) is 32.9 Å². The quantitative estimate of drug-likeness (QED) is 0.735. The van der Waals surface area contributed by atoms with Gasteiger partial charge in [-0.1, -0.05) is 46.4 Å². The van der Waals surface area contributed by atoms with Crippen molar-refractivity contribution in [3.8, 4) is 0 Å². The molecular weight excluding hydrogens is 401 g/mol. The van der Waals surface area contributed by atoms with Gasteiger partial charge in [-0.15, -0.1) is 12.4 Å². The van der Waals surface area contributed by atoms with Gasteiger partial charge in [0.05, 0.1) is 21.3 Å². The van der Waals surface area contributed by atoms with Crippen LogP contribution in [-0.4, -0.2) is 19.0 Å². The molecule has 8 heteroatoms. The molecule has 0 saturated heterocycles. The first-order valence-corrected chi connectivity index (χ1v) is 7.87. The van der Waals surface area contributed by atoms with Gasteiger partial charge >= 0.3 is 0 Å². The SMILES string of the molecule is Cl.NCCN(C(=O)c1ccc(Cl)cc1Cl)c1ccc(Cl)cc1Cl. The maximum absolute atomic E-state index is 12.8. The Kier molecular flexibility index (Phi) is 7.95. The smallest absolute Gasteiger partial charge is 0.259 e. The summed E-state index contributed by atoms with van der Waals surface area (Å²) in [7, 11) is 0. The zero-order valence-electron chi connectivity index (χ0n) is 11.7. The standard InChI is InChI=1S/C15H12Cl4N2O.ClH/c16-9-1-3-11(12(18)7-9)15(22)21(6-5-20)14-4-2-10(17)8-13(14)19;/h1-4,7-8H,5-6,20H2;1H. The number of hydrogen-bond donors (Lipinski definition) is 1. The first-order valence-electron chi connectivity index (χ1n) is 6.36. The summed E-state index contributed by atoms with van der Waals surface area (Å²) in [5.74, 6) is -0.309. The van der Waals surface area contributed by atoms with Gasteiger partial charge in [0.2, 0.25) is 0 Å². The fourth-order valence-electron chi connectivity index (χ4n) is 1.97. The highest BCUT2D eigenvalue weighted by atomic mass is 35.5. The van der Waals surface area contributed by atoms with E-state index >= 15 is 0 Å². The van der Waals surface area contributed by atoms with Crippen LogP contribution in [0.15, 0.2) is 36.4 Å². The van der Waals surface area contributed by atoms with E-state index in [1.807, 2.05) is 0 Å². The molecule has 0 radical (unpaired) electrons. The number of carbonyl (C=O) groups is 1. The third-order valence-corrected chi connectivity index (χ3v) is 4.05. The summed E-state index contributed by atoms with van der Waals surface area (Å²) in [6.45, 7) is 0.565. The molecule has 23 heavy (non-hydrogen) atoms. The van der Waals surface area contributed by atoms with Crippen molar-refractivity contribution in [1.82, 2.24) is 0 Å².